The summed E-state index contributed by atoms with van der Waals surface area (Å²) in [6.07, 6.45) is 3.61. The zero-order chi connectivity index (χ0) is 22.6. The molecule has 1 saturated carbocycles. The molecule has 1 aliphatic carbocycles. The predicted octanol–water partition coefficient (Wildman–Crippen LogP) is 5.32. The minimum absolute atomic E-state index is 0.0999. The number of anilines is 1. The van der Waals surface area contributed by atoms with Crippen LogP contribution in [0.2, 0.25) is 5.02 Å². The van der Waals surface area contributed by atoms with Crippen LogP contribution in [-0.4, -0.2) is 50.4 Å². The van der Waals surface area contributed by atoms with Crippen molar-refractivity contribution in [2.45, 2.75) is 36.3 Å². The molecule has 0 radical (unpaired) electrons. The smallest absolute Gasteiger partial charge is 0.235 e. The van der Waals surface area contributed by atoms with Gasteiger partial charge < -0.3 is 14.6 Å². The first-order valence-corrected chi connectivity index (χ1v) is 14.3. The third-order valence-electron chi connectivity index (χ3n) is 7.71. The molecule has 7 heteroatoms. The van der Waals surface area contributed by atoms with Gasteiger partial charge in [0.25, 0.3) is 0 Å². The number of likely N-dealkylation sites (tertiary alicyclic amines) is 1. The Balaban J connectivity index is 1.15. The Labute approximate surface area is 194 Å². The molecule has 0 atom stereocenters. The van der Waals surface area contributed by atoms with Crippen molar-refractivity contribution in [1.82, 2.24) is 4.90 Å². The lowest BCUT2D eigenvalue weighted by molar-refractivity contribution is -0.122. The van der Waals surface area contributed by atoms with Crippen molar-refractivity contribution in [3.8, 4) is 5.75 Å². The number of hydrogen-bond acceptors (Lipinski definition) is 4. The predicted molar refractivity (Wildman–Crippen MR) is 130 cm³/mol. The van der Waals surface area contributed by atoms with Crippen LogP contribution in [0.15, 0.2) is 42.5 Å². The van der Waals surface area contributed by atoms with Gasteiger partial charge in [0.15, 0.2) is 0 Å². The minimum Gasteiger partial charge on any atom is -0.492 e. The van der Waals surface area contributed by atoms with Gasteiger partial charge in [0.2, 0.25) is 5.91 Å². The van der Waals surface area contributed by atoms with Crippen molar-refractivity contribution in [3.05, 3.63) is 58.6 Å². The highest BCUT2D eigenvalue weighted by atomic mass is 35.5. The maximum atomic E-state index is 12.8. The van der Waals surface area contributed by atoms with Gasteiger partial charge in [-0.2, -0.15) is 0 Å². The Kier molecular flexibility index (Phi) is 5.43. The first kappa shape index (κ1) is 22.0. The molecule has 0 unspecified atom stereocenters. The van der Waals surface area contributed by atoms with E-state index >= 15 is 0 Å². The second-order valence-corrected chi connectivity index (χ2v) is 13.8. The van der Waals surface area contributed by atoms with E-state index < -0.39 is 12.6 Å². The molecule has 2 heterocycles. The molecule has 2 aromatic carbocycles. The van der Waals surface area contributed by atoms with Gasteiger partial charge in [-0.25, -0.2) is 0 Å². The highest BCUT2D eigenvalue weighted by Crippen LogP contribution is 2.71. The van der Waals surface area contributed by atoms with Crippen molar-refractivity contribution in [3.63, 3.8) is 0 Å². The maximum absolute atomic E-state index is 12.8. The van der Waals surface area contributed by atoms with E-state index in [1.165, 1.54) is 5.56 Å². The molecule has 1 spiro atoms. The van der Waals surface area contributed by atoms with Crippen LogP contribution in [0.25, 0.3) is 0 Å². The number of hydrogen-bond donors (Lipinski definition) is 1. The largest absolute Gasteiger partial charge is 0.492 e. The summed E-state index contributed by atoms with van der Waals surface area (Å²) in [5, 5.41) is 3.60. The monoisotopic (exact) mass is 472 g/mol. The summed E-state index contributed by atoms with van der Waals surface area (Å²) >= 11 is 6.21. The molecule has 5 rings (SSSR count). The number of piperidine rings is 1. The van der Waals surface area contributed by atoms with Crippen LogP contribution in [0, 0.1) is 0 Å². The maximum Gasteiger partial charge on any atom is 0.235 e. The topological polar surface area (TPSA) is 58.6 Å². The number of halogens is 1. The molecule has 0 aromatic heterocycles. The first-order chi connectivity index (χ1) is 15.2. The molecule has 2 aliphatic heterocycles. The van der Waals surface area contributed by atoms with E-state index in [1.807, 2.05) is 43.7 Å². The quantitative estimate of drug-likeness (QED) is 0.578. The lowest BCUT2D eigenvalue weighted by Crippen LogP contribution is -2.47. The van der Waals surface area contributed by atoms with Gasteiger partial charge in [0.1, 0.15) is 12.4 Å². The number of nitrogens with one attached hydrogen (secondary N) is 1. The normalized spacial score (nSPS) is 21.3. The van der Waals surface area contributed by atoms with Crippen LogP contribution >= 0.6 is 18.7 Å². The summed E-state index contributed by atoms with van der Waals surface area (Å²) in [6, 6.07) is 13.8. The Hall–Kier alpha value is -1.81. The molecule has 2 fully saturated rings. The van der Waals surface area contributed by atoms with Gasteiger partial charge in [0, 0.05) is 22.4 Å². The second kappa shape index (κ2) is 7.90. The fraction of sp³-hybridized carbons (Fsp3) is 0.480. The molecule has 32 heavy (non-hydrogen) atoms. The minimum atomic E-state index is -2.16. The molecular formula is C25H30ClN2O3P. The summed E-state index contributed by atoms with van der Waals surface area (Å²) in [7, 11) is -2.16. The van der Waals surface area contributed by atoms with Gasteiger partial charge in [-0.15, -0.1) is 0 Å². The van der Waals surface area contributed by atoms with Crippen LogP contribution in [0.3, 0.4) is 0 Å². The number of carbonyl (C=O) groups is 1. The Morgan fingerprint density at radius 1 is 1.06 bits per heavy atom. The van der Waals surface area contributed by atoms with Crippen molar-refractivity contribution in [1.29, 1.82) is 0 Å². The van der Waals surface area contributed by atoms with Crippen LogP contribution in [0.4, 0.5) is 5.69 Å². The third-order valence-corrected chi connectivity index (χ3v) is 10.7. The number of nitrogens with zero attached hydrogens (tertiary/aromatic N) is 1. The van der Waals surface area contributed by atoms with E-state index in [0.717, 1.165) is 62.3 Å². The summed E-state index contributed by atoms with van der Waals surface area (Å²) in [5.41, 5.74) is 2.66. The van der Waals surface area contributed by atoms with E-state index in [2.05, 4.69) is 22.3 Å². The van der Waals surface area contributed by atoms with Gasteiger partial charge in [-0.1, -0.05) is 23.7 Å². The van der Waals surface area contributed by atoms with Gasteiger partial charge in [-0.3, -0.25) is 9.69 Å². The Morgan fingerprint density at radius 3 is 2.38 bits per heavy atom. The standard InChI is InChI=1S/C25H30ClN2O3P/c1-32(2,30)25(9-10-25)18-3-6-20(7-4-18)31-16-15-28-13-11-24(12-14-28)21-17-19(26)5-8-22(21)27-23(24)29/h3-8,17H,9-16H2,1-2H3,(H,27,29). The molecule has 5 nitrogen and oxygen atoms in total. The highest BCUT2D eigenvalue weighted by molar-refractivity contribution is 7.63. The molecular weight excluding hydrogens is 443 g/mol. The Bertz CT molecular complexity index is 1080. The average Bonchev–Trinajstić information content (AvgIpc) is 3.54. The number of benzene rings is 2. The molecule has 0 bridgehead atoms. The van der Waals surface area contributed by atoms with E-state index in [-0.39, 0.29) is 11.1 Å². The van der Waals surface area contributed by atoms with Gasteiger partial charge >= 0.3 is 0 Å². The summed E-state index contributed by atoms with van der Waals surface area (Å²) in [4.78, 5) is 15.1. The molecule has 1 N–H and O–H groups in total. The fourth-order valence-electron chi connectivity index (χ4n) is 5.45. The molecule has 2 aromatic rings. The SMILES string of the molecule is CP(C)(=O)C1(c2ccc(OCCN3CCC4(CC3)C(=O)Nc3ccc(Cl)cc34)cc2)CC1. The van der Waals surface area contributed by atoms with Crippen LogP contribution in [-0.2, 0) is 19.9 Å². The number of amides is 1. The number of fused-ring (bicyclic) bond motifs is 2. The lowest BCUT2D eigenvalue weighted by atomic mass is 9.73. The molecule has 3 aliphatic rings. The summed E-state index contributed by atoms with van der Waals surface area (Å²) in [5.74, 6) is 0.946. The van der Waals surface area contributed by atoms with Crippen molar-refractivity contribution < 1.29 is 14.1 Å². The van der Waals surface area contributed by atoms with Crippen molar-refractivity contribution in [2.24, 2.45) is 0 Å². The van der Waals surface area contributed by atoms with E-state index in [1.54, 1.807) is 0 Å². The van der Waals surface area contributed by atoms with Crippen molar-refractivity contribution in [2.75, 3.05) is 44.9 Å². The van der Waals surface area contributed by atoms with Gasteiger partial charge in [0.05, 0.1) is 12.6 Å². The highest BCUT2D eigenvalue weighted by Gasteiger charge is 2.53. The van der Waals surface area contributed by atoms with Crippen LogP contribution in [0.5, 0.6) is 5.75 Å². The van der Waals surface area contributed by atoms with E-state index in [4.69, 9.17) is 16.3 Å². The summed E-state index contributed by atoms with van der Waals surface area (Å²) in [6.45, 7) is 6.93. The molecule has 1 saturated heterocycles. The average molecular weight is 473 g/mol. The number of carbonyl (C=O) groups excluding carboxylic acids is 1. The first-order valence-electron chi connectivity index (χ1n) is 11.4. The summed E-state index contributed by atoms with van der Waals surface area (Å²) < 4.78 is 18.6. The van der Waals surface area contributed by atoms with Crippen LogP contribution in [0.1, 0.15) is 36.8 Å². The van der Waals surface area contributed by atoms with Crippen molar-refractivity contribution >= 4 is 30.3 Å². The van der Waals surface area contributed by atoms with Gasteiger partial charge in [-0.05, 0) is 93.6 Å². The lowest BCUT2D eigenvalue weighted by Gasteiger charge is -2.38. The fourth-order valence-corrected chi connectivity index (χ4v) is 7.58. The molecule has 1 amide bonds. The third kappa shape index (κ3) is 3.69. The van der Waals surface area contributed by atoms with E-state index in [9.17, 15) is 9.36 Å². The Morgan fingerprint density at radius 2 is 1.75 bits per heavy atom. The number of rotatable bonds is 6. The van der Waals surface area contributed by atoms with Crippen LogP contribution < -0.4 is 10.1 Å². The second-order valence-electron chi connectivity index (χ2n) is 9.82. The van der Waals surface area contributed by atoms with E-state index in [0.29, 0.717) is 11.6 Å². The zero-order valence-corrected chi connectivity index (χ0v) is 20.3. The number of ether oxygens (including phenoxy) is 1. The molecule has 170 valence electrons. The zero-order valence-electron chi connectivity index (χ0n) is 18.7.